The van der Waals surface area contributed by atoms with Crippen LogP contribution in [0.3, 0.4) is 0 Å². The first kappa shape index (κ1) is 16.3. The Balaban J connectivity index is 1.67. The summed E-state index contributed by atoms with van der Waals surface area (Å²) in [6.45, 7) is 0. The molecule has 7 nitrogen and oxygen atoms in total. The molecule has 2 N–H and O–H groups in total. The molecule has 0 radical (unpaired) electrons. The summed E-state index contributed by atoms with van der Waals surface area (Å²) in [5.41, 5.74) is 0.635. The lowest BCUT2D eigenvalue weighted by atomic mass is 10.2. The molecule has 2 heterocycles. The highest BCUT2D eigenvalue weighted by atomic mass is 32.2. The van der Waals surface area contributed by atoms with E-state index in [0.717, 1.165) is 21.3 Å². The lowest BCUT2D eigenvalue weighted by Gasteiger charge is -2.15. The van der Waals surface area contributed by atoms with Gasteiger partial charge in [0.25, 0.3) is 5.56 Å². The third kappa shape index (κ3) is 2.64. The molecule has 26 heavy (non-hydrogen) atoms. The van der Waals surface area contributed by atoms with Gasteiger partial charge in [-0.2, -0.15) is 0 Å². The molecule has 1 aromatic heterocycles. The van der Waals surface area contributed by atoms with Crippen LogP contribution in [0.4, 0.5) is 5.69 Å². The number of rotatable bonds is 3. The summed E-state index contributed by atoms with van der Waals surface area (Å²) in [4.78, 5) is 42.9. The van der Waals surface area contributed by atoms with Crippen LogP contribution in [0.1, 0.15) is 6.42 Å². The lowest BCUT2D eigenvalue weighted by Crippen LogP contribution is -2.32. The molecule has 4 rings (SSSR count). The summed E-state index contributed by atoms with van der Waals surface area (Å²) in [5.74, 6) is 5.24. The Morgan fingerprint density at radius 3 is 2.46 bits per heavy atom. The maximum atomic E-state index is 12.7. The van der Waals surface area contributed by atoms with E-state index in [9.17, 15) is 14.4 Å². The number of nitrogen functional groups attached to an aromatic ring is 1. The average molecular weight is 366 g/mol. The van der Waals surface area contributed by atoms with Crippen LogP contribution in [0.15, 0.2) is 64.5 Å². The number of amides is 2. The lowest BCUT2D eigenvalue weighted by molar-refractivity contribution is -0.121. The molecule has 8 heteroatoms. The standard InChI is InChI=1S/C18H14N4O3S/c19-22-16(24)12-8-4-5-9-13(12)20-18(22)26-14-10-15(23)21(17(14)25)11-6-2-1-3-7-11/h1-9,14H,10,19H2/t14-/m1/s1. The average Bonchev–Trinajstić information content (AvgIpc) is 2.93. The van der Waals surface area contributed by atoms with E-state index in [2.05, 4.69) is 4.98 Å². The number of nitrogens with two attached hydrogens (primary N) is 1. The van der Waals surface area contributed by atoms with Crippen molar-refractivity contribution in [2.24, 2.45) is 0 Å². The number of nitrogens with zero attached hydrogens (tertiary/aromatic N) is 3. The molecule has 0 aliphatic carbocycles. The number of imide groups is 1. The van der Waals surface area contributed by atoms with Gasteiger partial charge in [0, 0.05) is 6.42 Å². The van der Waals surface area contributed by atoms with E-state index in [1.165, 1.54) is 0 Å². The van der Waals surface area contributed by atoms with Crippen molar-refractivity contribution < 1.29 is 9.59 Å². The van der Waals surface area contributed by atoms with Crippen LogP contribution in [-0.4, -0.2) is 26.7 Å². The first-order chi connectivity index (χ1) is 12.6. The Morgan fingerprint density at radius 1 is 1.00 bits per heavy atom. The Kier molecular flexibility index (Phi) is 3.96. The summed E-state index contributed by atoms with van der Waals surface area (Å²) in [5, 5.41) is -0.0700. The van der Waals surface area contributed by atoms with E-state index in [-0.39, 0.29) is 23.4 Å². The number of carbonyl (C=O) groups excluding carboxylic acids is 2. The maximum absolute atomic E-state index is 12.7. The van der Waals surface area contributed by atoms with Gasteiger partial charge in [-0.15, -0.1) is 0 Å². The predicted octanol–water partition coefficient (Wildman–Crippen LogP) is 1.53. The maximum Gasteiger partial charge on any atom is 0.280 e. The van der Waals surface area contributed by atoms with E-state index in [0.29, 0.717) is 16.6 Å². The first-order valence-electron chi connectivity index (χ1n) is 7.91. The number of thioether (sulfide) groups is 1. The molecule has 0 unspecified atom stereocenters. The second kappa shape index (κ2) is 6.30. The van der Waals surface area contributed by atoms with Crippen LogP contribution in [0.5, 0.6) is 0 Å². The van der Waals surface area contributed by atoms with Crippen LogP contribution in [0.2, 0.25) is 0 Å². The normalized spacial score (nSPS) is 17.2. The van der Waals surface area contributed by atoms with Crippen molar-refractivity contribution >= 4 is 40.2 Å². The molecule has 1 atom stereocenters. The van der Waals surface area contributed by atoms with E-state index >= 15 is 0 Å². The number of hydrogen-bond acceptors (Lipinski definition) is 6. The van der Waals surface area contributed by atoms with E-state index in [4.69, 9.17) is 5.84 Å². The SMILES string of the molecule is Nn1c(S[C@@H]2CC(=O)N(c3ccccc3)C2=O)nc2ccccc2c1=O. The van der Waals surface area contributed by atoms with E-state index in [1.807, 2.05) is 6.07 Å². The molecule has 2 amide bonds. The highest BCUT2D eigenvalue weighted by molar-refractivity contribution is 8.00. The van der Waals surface area contributed by atoms with Gasteiger partial charge in [-0.05, 0) is 24.3 Å². The van der Waals surface area contributed by atoms with Gasteiger partial charge in [0.2, 0.25) is 11.8 Å². The molecule has 0 saturated carbocycles. The van der Waals surface area contributed by atoms with Crippen molar-refractivity contribution in [1.29, 1.82) is 0 Å². The van der Waals surface area contributed by atoms with Gasteiger partial charge in [0.1, 0.15) is 5.25 Å². The highest BCUT2D eigenvalue weighted by Crippen LogP contribution is 2.32. The van der Waals surface area contributed by atoms with Gasteiger partial charge in [-0.3, -0.25) is 14.4 Å². The highest BCUT2D eigenvalue weighted by Gasteiger charge is 2.40. The second-order valence-corrected chi connectivity index (χ2v) is 6.97. The van der Waals surface area contributed by atoms with Crippen molar-refractivity contribution in [3.05, 3.63) is 65.0 Å². The largest absolute Gasteiger partial charge is 0.334 e. The van der Waals surface area contributed by atoms with Crippen molar-refractivity contribution in [2.45, 2.75) is 16.8 Å². The van der Waals surface area contributed by atoms with Crippen molar-refractivity contribution in [3.63, 3.8) is 0 Å². The van der Waals surface area contributed by atoms with Crippen LogP contribution < -0.4 is 16.3 Å². The monoisotopic (exact) mass is 366 g/mol. The fraction of sp³-hybridized carbons (Fsp3) is 0.111. The van der Waals surface area contributed by atoms with Crippen molar-refractivity contribution in [1.82, 2.24) is 9.66 Å². The number of para-hydroxylation sites is 2. The minimum absolute atomic E-state index is 0.0289. The first-order valence-corrected chi connectivity index (χ1v) is 8.79. The van der Waals surface area contributed by atoms with Crippen molar-refractivity contribution in [3.8, 4) is 0 Å². The number of aromatic nitrogens is 2. The topological polar surface area (TPSA) is 98.3 Å². The van der Waals surface area contributed by atoms with Gasteiger partial charge in [0.05, 0.1) is 16.6 Å². The smallest absolute Gasteiger partial charge is 0.280 e. The molecule has 1 fully saturated rings. The summed E-state index contributed by atoms with van der Waals surface area (Å²) in [7, 11) is 0. The zero-order chi connectivity index (χ0) is 18.3. The Morgan fingerprint density at radius 2 is 1.69 bits per heavy atom. The van der Waals surface area contributed by atoms with Gasteiger partial charge in [-0.1, -0.05) is 42.1 Å². The summed E-state index contributed by atoms with van der Waals surface area (Å²) in [6.07, 6.45) is 0.0289. The van der Waals surface area contributed by atoms with Gasteiger partial charge in [0.15, 0.2) is 5.16 Å². The zero-order valence-electron chi connectivity index (χ0n) is 13.5. The predicted molar refractivity (Wildman–Crippen MR) is 99.4 cm³/mol. The Bertz CT molecular complexity index is 1080. The quantitative estimate of drug-likeness (QED) is 0.429. The van der Waals surface area contributed by atoms with E-state index < -0.39 is 10.8 Å². The molecular weight excluding hydrogens is 352 g/mol. The van der Waals surface area contributed by atoms with E-state index in [1.54, 1.807) is 48.5 Å². The van der Waals surface area contributed by atoms with Gasteiger partial charge >= 0.3 is 0 Å². The Hall–Kier alpha value is -3.13. The summed E-state index contributed by atoms with van der Waals surface area (Å²) >= 11 is 1.03. The zero-order valence-corrected chi connectivity index (χ0v) is 14.3. The fourth-order valence-corrected chi connectivity index (χ4v) is 3.91. The minimum atomic E-state index is -0.675. The number of anilines is 1. The van der Waals surface area contributed by atoms with Gasteiger partial charge in [-0.25, -0.2) is 14.6 Å². The molecule has 1 saturated heterocycles. The van der Waals surface area contributed by atoms with Gasteiger partial charge < -0.3 is 5.84 Å². The summed E-state index contributed by atoms with van der Waals surface area (Å²) < 4.78 is 0.927. The molecule has 0 bridgehead atoms. The number of carbonyl (C=O) groups is 2. The number of benzene rings is 2. The summed E-state index contributed by atoms with van der Waals surface area (Å²) in [6, 6.07) is 15.6. The van der Waals surface area contributed by atoms with Crippen LogP contribution in [0, 0.1) is 0 Å². The van der Waals surface area contributed by atoms with Crippen LogP contribution in [0.25, 0.3) is 10.9 Å². The second-order valence-electron chi connectivity index (χ2n) is 5.80. The molecule has 2 aromatic carbocycles. The minimum Gasteiger partial charge on any atom is -0.334 e. The number of hydrogen-bond donors (Lipinski definition) is 1. The molecule has 0 spiro atoms. The Labute approximate surface area is 152 Å². The molecule has 1 aliphatic heterocycles. The molecular formula is C18H14N4O3S. The molecule has 3 aromatic rings. The molecule has 130 valence electrons. The third-order valence-electron chi connectivity index (χ3n) is 4.14. The number of fused-ring (bicyclic) bond motifs is 1. The molecule has 1 aliphatic rings. The third-order valence-corrected chi connectivity index (χ3v) is 5.29. The van der Waals surface area contributed by atoms with Crippen LogP contribution >= 0.6 is 11.8 Å². The fourth-order valence-electron chi connectivity index (χ4n) is 2.88. The van der Waals surface area contributed by atoms with Crippen LogP contribution in [-0.2, 0) is 9.59 Å². The van der Waals surface area contributed by atoms with Crippen molar-refractivity contribution in [2.75, 3.05) is 10.7 Å².